The standard InChI is InChI=1S/C13H11F5N4O/c1-19-7-2-3-9(13(16,17)18)21-10(7)22-11(23)8-4-12(15,5-14)6-20-8/h2-3,8,20H,4-6H2,(H,21,22,23)/t8?,12-/m0/s1. The third kappa shape index (κ3) is 3.73. The Morgan fingerprint density at radius 2 is 2.22 bits per heavy atom. The molecule has 1 amide bonds. The number of carbonyl (C=O) groups excluding carboxylic acids is 1. The van der Waals surface area contributed by atoms with Gasteiger partial charge in [0.05, 0.1) is 12.6 Å². The largest absolute Gasteiger partial charge is 0.433 e. The van der Waals surface area contributed by atoms with Crippen LogP contribution in [-0.4, -0.2) is 35.8 Å². The molecule has 1 unspecified atom stereocenters. The highest BCUT2D eigenvalue weighted by Crippen LogP contribution is 2.32. The van der Waals surface area contributed by atoms with E-state index in [1.165, 1.54) is 0 Å². The van der Waals surface area contributed by atoms with E-state index in [1.807, 2.05) is 0 Å². The molecule has 1 saturated heterocycles. The van der Waals surface area contributed by atoms with Gasteiger partial charge in [0.25, 0.3) is 0 Å². The molecule has 1 aromatic heterocycles. The maximum atomic E-state index is 13.7. The zero-order chi connectivity index (χ0) is 17.3. The molecule has 0 aromatic carbocycles. The third-order valence-electron chi connectivity index (χ3n) is 3.32. The maximum absolute atomic E-state index is 13.7. The van der Waals surface area contributed by atoms with Gasteiger partial charge in [0.1, 0.15) is 18.2 Å². The summed E-state index contributed by atoms with van der Waals surface area (Å²) in [5.74, 6) is -1.45. The molecule has 1 aromatic rings. The summed E-state index contributed by atoms with van der Waals surface area (Å²) < 4.78 is 64.2. The SMILES string of the molecule is [C-]#[N+]c1ccc(C(F)(F)F)nc1NC(=O)C1C[C@](F)(CF)CN1. The Labute approximate surface area is 127 Å². The fourth-order valence-corrected chi connectivity index (χ4v) is 2.10. The Morgan fingerprint density at radius 3 is 2.74 bits per heavy atom. The normalized spacial score (nSPS) is 24.3. The molecule has 0 radical (unpaired) electrons. The lowest BCUT2D eigenvalue weighted by Crippen LogP contribution is -2.35. The molecule has 2 N–H and O–H groups in total. The molecule has 0 spiro atoms. The van der Waals surface area contributed by atoms with E-state index in [9.17, 15) is 26.7 Å². The van der Waals surface area contributed by atoms with Crippen molar-refractivity contribution in [1.29, 1.82) is 0 Å². The third-order valence-corrected chi connectivity index (χ3v) is 3.32. The predicted molar refractivity (Wildman–Crippen MR) is 70.4 cm³/mol. The van der Waals surface area contributed by atoms with Crippen LogP contribution in [0.1, 0.15) is 12.1 Å². The fourth-order valence-electron chi connectivity index (χ4n) is 2.10. The number of pyridine rings is 1. The van der Waals surface area contributed by atoms with Crippen LogP contribution >= 0.6 is 0 Å². The van der Waals surface area contributed by atoms with Gasteiger partial charge in [-0.25, -0.2) is 18.6 Å². The van der Waals surface area contributed by atoms with Crippen LogP contribution < -0.4 is 10.6 Å². The number of nitrogens with one attached hydrogen (secondary N) is 2. The second kappa shape index (κ2) is 6.08. The van der Waals surface area contributed by atoms with E-state index in [0.717, 1.165) is 6.07 Å². The van der Waals surface area contributed by atoms with Crippen LogP contribution in [0.4, 0.5) is 33.5 Å². The smallest absolute Gasteiger partial charge is 0.318 e. The highest BCUT2D eigenvalue weighted by atomic mass is 19.4. The first kappa shape index (κ1) is 17.1. The van der Waals surface area contributed by atoms with Crippen molar-refractivity contribution in [3.8, 4) is 0 Å². The van der Waals surface area contributed by atoms with Gasteiger partial charge in [0.15, 0.2) is 5.67 Å². The van der Waals surface area contributed by atoms with Gasteiger partial charge in [-0.05, 0) is 6.07 Å². The number of alkyl halides is 5. The minimum atomic E-state index is -4.74. The van der Waals surface area contributed by atoms with Crippen molar-refractivity contribution in [3.63, 3.8) is 0 Å². The molecule has 2 rings (SSSR count). The number of rotatable bonds is 3. The van der Waals surface area contributed by atoms with Gasteiger partial charge in [-0.3, -0.25) is 4.79 Å². The second-order valence-corrected chi connectivity index (χ2v) is 5.09. The lowest BCUT2D eigenvalue weighted by Gasteiger charge is -2.15. The molecule has 1 aliphatic rings. The quantitative estimate of drug-likeness (QED) is 0.660. The number of nitrogens with zero attached hydrogens (tertiary/aromatic N) is 2. The summed E-state index contributed by atoms with van der Waals surface area (Å²) in [6.07, 6.45) is -5.20. The molecular weight excluding hydrogens is 323 g/mol. The van der Waals surface area contributed by atoms with Crippen molar-refractivity contribution < 1.29 is 26.7 Å². The molecule has 0 bridgehead atoms. The van der Waals surface area contributed by atoms with Crippen molar-refractivity contribution >= 4 is 17.4 Å². The number of carbonyl (C=O) groups is 1. The molecule has 0 aliphatic carbocycles. The highest BCUT2D eigenvalue weighted by molar-refractivity contribution is 5.97. The lowest BCUT2D eigenvalue weighted by atomic mass is 10.0. The Morgan fingerprint density at radius 1 is 1.52 bits per heavy atom. The van der Waals surface area contributed by atoms with Gasteiger partial charge in [0.2, 0.25) is 11.6 Å². The molecule has 1 aliphatic heterocycles. The molecular formula is C13H11F5N4O. The minimum absolute atomic E-state index is 0.290. The average molecular weight is 334 g/mol. The molecule has 10 heteroatoms. The summed E-state index contributed by atoms with van der Waals surface area (Å²) in [4.78, 5) is 18.1. The number of hydrogen-bond donors (Lipinski definition) is 2. The summed E-state index contributed by atoms with van der Waals surface area (Å²) in [5, 5.41) is 4.51. The van der Waals surface area contributed by atoms with Gasteiger partial charge < -0.3 is 10.6 Å². The van der Waals surface area contributed by atoms with E-state index >= 15 is 0 Å². The number of anilines is 1. The van der Waals surface area contributed by atoms with Gasteiger partial charge in [-0.15, -0.1) is 0 Å². The van der Waals surface area contributed by atoms with E-state index < -0.39 is 48.4 Å². The van der Waals surface area contributed by atoms with E-state index in [-0.39, 0.29) is 12.2 Å². The van der Waals surface area contributed by atoms with Crippen LogP contribution in [0, 0.1) is 6.57 Å². The van der Waals surface area contributed by atoms with Crippen LogP contribution in [0.5, 0.6) is 0 Å². The van der Waals surface area contributed by atoms with E-state index in [1.54, 1.807) is 0 Å². The van der Waals surface area contributed by atoms with Crippen molar-refractivity contribution in [2.45, 2.75) is 24.3 Å². The zero-order valence-corrected chi connectivity index (χ0v) is 11.5. The van der Waals surface area contributed by atoms with Crippen molar-refractivity contribution in [2.75, 3.05) is 18.5 Å². The number of amides is 1. The molecule has 2 atom stereocenters. The van der Waals surface area contributed by atoms with Crippen molar-refractivity contribution in [1.82, 2.24) is 10.3 Å². The van der Waals surface area contributed by atoms with Crippen LogP contribution in [0.3, 0.4) is 0 Å². The molecule has 2 heterocycles. The summed E-state index contributed by atoms with van der Waals surface area (Å²) in [6, 6.07) is 0.374. The maximum Gasteiger partial charge on any atom is 0.433 e. The molecule has 5 nitrogen and oxygen atoms in total. The Hall–Kier alpha value is -2.28. The molecule has 0 saturated carbocycles. The van der Waals surface area contributed by atoms with Crippen LogP contribution in [-0.2, 0) is 11.0 Å². The Kier molecular flexibility index (Phi) is 4.51. The summed E-state index contributed by atoms with van der Waals surface area (Å²) in [6.45, 7) is 5.22. The Balaban J connectivity index is 2.19. The molecule has 124 valence electrons. The first-order valence-electron chi connectivity index (χ1n) is 6.43. The number of halogens is 5. The van der Waals surface area contributed by atoms with Gasteiger partial charge in [-0.1, -0.05) is 6.07 Å². The van der Waals surface area contributed by atoms with Crippen molar-refractivity contribution in [2.24, 2.45) is 0 Å². The summed E-state index contributed by atoms with van der Waals surface area (Å²) in [5.41, 5.74) is -3.75. The lowest BCUT2D eigenvalue weighted by molar-refractivity contribution is -0.141. The zero-order valence-electron chi connectivity index (χ0n) is 11.5. The highest BCUT2D eigenvalue weighted by Gasteiger charge is 2.42. The predicted octanol–water partition coefficient (Wildman–Crippen LogP) is 2.63. The minimum Gasteiger partial charge on any atom is -0.318 e. The number of aromatic nitrogens is 1. The molecule has 23 heavy (non-hydrogen) atoms. The fraction of sp³-hybridized carbons (Fsp3) is 0.462. The van der Waals surface area contributed by atoms with E-state index in [0.29, 0.717) is 6.07 Å². The van der Waals surface area contributed by atoms with Crippen LogP contribution in [0.25, 0.3) is 4.85 Å². The molecule has 1 fully saturated rings. The average Bonchev–Trinajstić information content (AvgIpc) is 2.89. The van der Waals surface area contributed by atoms with Gasteiger partial charge in [-0.2, -0.15) is 13.2 Å². The summed E-state index contributed by atoms with van der Waals surface area (Å²) in [7, 11) is 0. The van der Waals surface area contributed by atoms with E-state index in [4.69, 9.17) is 6.57 Å². The Bertz CT molecular complexity index is 657. The van der Waals surface area contributed by atoms with Crippen molar-refractivity contribution in [3.05, 3.63) is 29.2 Å². The monoisotopic (exact) mass is 334 g/mol. The van der Waals surface area contributed by atoms with Gasteiger partial charge >= 0.3 is 6.18 Å². The van der Waals surface area contributed by atoms with Gasteiger partial charge in [0, 0.05) is 13.0 Å². The van der Waals surface area contributed by atoms with Crippen LogP contribution in [0.15, 0.2) is 12.1 Å². The first-order valence-corrected chi connectivity index (χ1v) is 6.43. The topological polar surface area (TPSA) is 58.4 Å². The van der Waals surface area contributed by atoms with E-state index in [2.05, 4.69) is 20.5 Å². The summed E-state index contributed by atoms with van der Waals surface area (Å²) >= 11 is 0. The second-order valence-electron chi connectivity index (χ2n) is 5.09. The number of hydrogen-bond acceptors (Lipinski definition) is 3. The first-order chi connectivity index (χ1) is 10.7. The van der Waals surface area contributed by atoms with Crippen LogP contribution in [0.2, 0.25) is 0 Å².